The standard InChI is InChI=1S/C26H28FN3O4S/c1-34-23-12-9-21(10-13-23)29-35(32,33)25-18-22(11-14-24(25)30-15-3-2-4-16-30)28-26(31)17-19-5-7-20(27)8-6-19/h5-14,18,29H,2-4,15-17H2,1H3,(H,28,31). The van der Waals surface area contributed by atoms with Gasteiger partial charge in [-0.15, -0.1) is 0 Å². The second-order valence-corrected chi connectivity index (χ2v) is 10.1. The maximum atomic E-state index is 13.5. The van der Waals surface area contributed by atoms with Crippen LogP contribution in [0.15, 0.2) is 71.6 Å². The van der Waals surface area contributed by atoms with Gasteiger partial charge in [-0.3, -0.25) is 9.52 Å². The first-order valence-corrected chi connectivity index (χ1v) is 12.9. The Morgan fingerprint density at radius 3 is 2.26 bits per heavy atom. The van der Waals surface area contributed by atoms with Crippen molar-refractivity contribution < 1.29 is 22.3 Å². The lowest BCUT2D eigenvalue weighted by atomic mass is 10.1. The summed E-state index contributed by atoms with van der Waals surface area (Å²) in [5.41, 5.74) is 2.03. The van der Waals surface area contributed by atoms with Gasteiger partial charge in [0.15, 0.2) is 0 Å². The summed E-state index contributed by atoms with van der Waals surface area (Å²) in [6.45, 7) is 1.53. The number of sulfonamides is 1. The third kappa shape index (κ3) is 6.30. The predicted molar refractivity (Wildman–Crippen MR) is 135 cm³/mol. The molecule has 1 aliphatic heterocycles. The molecular formula is C26H28FN3O4S. The van der Waals surface area contributed by atoms with Crippen LogP contribution < -0.4 is 19.7 Å². The fraction of sp³-hybridized carbons (Fsp3) is 0.269. The third-order valence-corrected chi connectivity index (χ3v) is 7.26. The highest BCUT2D eigenvalue weighted by Gasteiger charge is 2.24. The maximum Gasteiger partial charge on any atom is 0.264 e. The fourth-order valence-corrected chi connectivity index (χ4v) is 5.38. The van der Waals surface area contributed by atoms with Crippen LogP contribution in [0.25, 0.3) is 0 Å². The molecule has 0 bridgehead atoms. The van der Waals surface area contributed by atoms with Crippen molar-refractivity contribution in [2.45, 2.75) is 30.6 Å². The van der Waals surface area contributed by atoms with Crippen LogP contribution in [-0.4, -0.2) is 34.5 Å². The number of methoxy groups -OCH3 is 1. The molecule has 1 heterocycles. The van der Waals surface area contributed by atoms with Crippen LogP contribution in [0.5, 0.6) is 5.75 Å². The summed E-state index contributed by atoms with van der Waals surface area (Å²) in [6, 6.07) is 17.2. The van der Waals surface area contributed by atoms with Gasteiger partial charge in [0.2, 0.25) is 5.91 Å². The van der Waals surface area contributed by atoms with Gasteiger partial charge < -0.3 is 15.0 Å². The van der Waals surface area contributed by atoms with E-state index in [1.807, 2.05) is 0 Å². The lowest BCUT2D eigenvalue weighted by Gasteiger charge is -2.30. The lowest BCUT2D eigenvalue weighted by Crippen LogP contribution is -2.31. The van der Waals surface area contributed by atoms with Crippen molar-refractivity contribution in [1.82, 2.24) is 0 Å². The number of amides is 1. The molecule has 0 unspecified atom stereocenters. The highest BCUT2D eigenvalue weighted by atomic mass is 32.2. The van der Waals surface area contributed by atoms with Crippen LogP contribution in [0.4, 0.5) is 21.5 Å². The van der Waals surface area contributed by atoms with Gasteiger partial charge in [-0.05, 0) is 79.4 Å². The Kier molecular flexibility index (Phi) is 7.55. The zero-order valence-electron chi connectivity index (χ0n) is 19.5. The van der Waals surface area contributed by atoms with E-state index in [2.05, 4.69) is 14.9 Å². The summed E-state index contributed by atoms with van der Waals surface area (Å²) in [5, 5.41) is 2.77. The van der Waals surface area contributed by atoms with Crippen LogP contribution in [0.2, 0.25) is 0 Å². The smallest absolute Gasteiger partial charge is 0.264 e. The summed E-state index contributed by atoms with van der Waals surface area (Å²) in [4.78, 5) is 14.7. The summed E-state index contributed by atoms with van der Waals surface area (Å²) >= 11 is 0. The Bertz CT molecular complexity index is 1270. The van der Waals surface area contributed by atoms with Gasteiger partial charge in [-0.25, -0.2) is 12.8 Å². The van der Waals surface area contributed by atoms with E-state index in [1.165, 1.54) is 18.2 Å². The van der Waals surface area contributed by atoms with Crippen LogP contribution in [-0.2, 0) is 21.2 Å². The largest absolute Gasteiger partial charge is 0.497 e. The Balaban J connectivity index is 1.60. The number of nitrogens with zero attached hydrogens (tertiary/aromatic N) is 1. The summed E-state index contributed by atoms with van der Waals surface area (Å²) in [7, 11) is -2.42. The van der Waals surface area contributed by atoms with E-state index >= 15 is 0 Å². The quantitative estimate of drug-likeness (QED) is 0.467. The van der Waals surface area contributed by atoms with Crippen LogP contribution in [0.1, 0.15) is 24.8 Å². The number of hydrogen-bond acceptors (Lipinski definition) is 5. The molecule has 0 atom stereocenters. The van der Waals surface area contributed by atoms with Crippen molar-refractivity contribution in [2.75, 3.05) is 35.1 Å². The van der Waals surface area contributed by atoms with Crippen molar-refractivity contribution in [3.8, 4) is 5.75 Å². The molecule has 184 valence electrons. The molecule has 3 aromatic carbocycles. The van der Waals surface area contributed by atoms with Crippen molar-refractivity contribution >= 4 is 33.0 Å². The molecule has 1 fully saturated rings. The van der Waals surface area contributed by atoms with Crippen LogP contribution in [0.3, 0.4) is 0 Å². The molecule has 1 saturated heterocycles. The van der Waals surface area contributed by atoms with E-state index in [0.29, 0.717) is 28.4 Å². The van der Waals surface area contributed by atoms with Gasteiger partial charge in [-0.1, -0.05) is 12.1 Å². The monoisotopic (exact) mass is 497 g/mol. The normalized spacial score (nSPS) is 13.8. The first kappa shape index (κ1) is 24.5. The van der Waals surface area contributed by atoms with E-state index in [9.17, 15) is 17.6 Å². The molecule has 1 aliphatic rings. The number of carbonyl (C=O) groups excluding carboxylic acids is 1. The number of rotatable bonds is 8. The highest BCUT2D eigenvalue weighted by Crippen LogP contribution is 2.32. The van der Waals surface area contributed by atoms with E-state index < -0.39 is 10.0 Å². The molecule has 35 heavy (non-hydrogen) atoms. The molecule has 0 spiro atoms. The molecule has 4 rings (SSSR count). The number of halogens is 1. The van der Waals surface area contributed by atoms with Gasteiger partial charge in [0.25, 0.3) is 10.0 Å². The topological polar surface area (TPSA) is 87.7 Å². The highest BCUT2D eigenvalue weighted by molar-refractivity contribution is 7.92. The molecule has 9 heteroatoms. The number of hydrogen-bond donors (Lipinski definition) is 2. The number of nitrogens with one attached hydrogen (secondary N) is 2. The fourth-order valence-electron chi connectivity index (χ4n) is 4.07. The van der Waals surface area contributed by atoms with Gasteiger partial charge in [0, 0.05) is 24.5 Å². The first-order chi connectivity index (χ1) is 16.8. The number of benzene rings is 3. The molecular weight excluding hydrogens is 469 g/mol. The number of ether oxygens (including phenoxy) is 1. The van der Waals surface area contributed by atoms with E-state index in [4.69, 9.17) is 4.74 Å². The van der Waals surface area contributed by atoms with Gasteiger partial charge >= 0.3 is 0 Å². The Morgan fingerprint density at radius 2 is 1.60 bits per heavy atom. The van der Waals surface area contributed by atoms with Gasteiger partial charge in [-0.2, -0.15) is 0 Å². The van der Waals surface area contributed by atoms with Crippen molar-refractivity contribution in [1.29, 1.82) is 0 Å². The number of anilines is 3. The Hall–Kier alpha value is -3.59. The molecule has 0 radical (unpaired) electrons. The molecule has 3 aromatic rings. The molecule has 0 saturated carbocycles. The summed E-state index contributed by atoms with van der Waals surface area (Å²) in [6.07, 6.45) is 3.13. The van der Waals surface area contributed by atoms with E-state index in [1.54, 1.807) is 55.6 Å². The summed E-state index contributed by atoms with van der Waals surface area (Å²) < 4.78 is 47.8. The summed E-state index contributed by atoms with van der Waals surface area (Å²) in [5.74, 6) is -0.0803. The maximum absolute atomic E-state index is 13.5. The van der Waals surface area contributed by atoms with Crippen molar-refractivity contribution in [3.05, 3.63) is 78.1 Å². The average molecular weight is 498 g/mol. The minimum absolute atomic E-state index is 0.0420. The second-order valence-electron chi connectivity index (χ2n) is 8.42. The van der Waals surface area contributed by atoms with E-state index in [-0.39, 0.29) is 23.0 Å². The zero-order chi connectivity index (χ0) is 24.8. The number of piperidine rings is 1. The van der Waals surface area contributed by atoms with Gasteiger partial charge in [0.05, 0.1) is 19.2 Å². The first-order valence-electron chi connectivity index (χ1n) is 11.4. The minimum Gasteiger partial charge on any atom is -0.497 e. The minimum atomic E-state index is -3.96. The lowest BCUT2D eigenvalue weighted by molar-refractivity contribution is -0.115. The van der Waals surface area contributed by atoms with Crippen molar-refractivity contribution in [2.24, 2.45) is 0 Å². The molecule has 7 nitrogen and oxygen atoms in total. The second kappa shape index (κ2) is 10.8. The van der Waals surface area contributed by atoms with Crippen molar-refractivity contribution in [3.63, 3.8) is 0 Å². The number of carbonyl (C=O) groups is 1. The Labute approximate surface area is 205 Å². The van der Waals surface area contributed by atoms with Crippen LogP contribution in [0, 0.1) is 5.82 Å². The van der Waals surface area contributed by atoms with Gasteiger partial charge in [0.1, 0.15) is 16.5 Å². The molecule has 0 aliphatic carbocycles. The predicted octanol–water partition coefficient (Wildman–Crippen LogP) is 4.81. The molecule has 1 amide bonds. The molecule has 2 N–H and O–H groups in total. The average Bonchev–Trinajstić information content (AvgIpc) is 2.86. The molecule has 0 aromatic heterocycles. The SMILES string of the molecule is COc1ccc(NS(=O)(=O)c2cc(NC(=O)Cc3ccc(F)cc3)ccc2N2CCCCC2)cc1. The Morgan fingerprint density at radius 1 is 0.943 bits per heavy atom. The van der Waals surface area contributed by atoms with Crippen LogP contribution >= 0.6 is 0 Å². The van der Waals surface area contributed by atoms with E-state index in [0.717, 1.165) is 32.4 Å². The zero-order valence-corrected chi connectivity index (χ0v) is 20.3. The third-order valence-electron chi connectivity index (χ3n) is 5.85.